The zero-order valence-electron chi connectivity index (χ0n) is 18.7. The Bertz CT molecular complexity index is 976. The maximum absolute atomic E-state index is 13.0. The lowest BCUT2D eigenvalue weighted by atomic mass is 10.0. The van der Waals surface area contributed by atoms with E-state index < -0.39 is 4.92 Å². The van der Waals surface area contributed by atoms with Crippen LogP contribution in [0.4, 0.5) is 5.69 Å². The number of hydrogen-bond donors (Lipinski definition) is 1. The second-order valence-corrected chi connectivity index (χ2v) is 8.04. The van der Waals surface area contributed by atoms with Gasteiger partial charge in [-0.15, -0.1) is 0 Å². The van der Waals surface area contributed by atoms with E-state index in [0.29, 0.717) is 11.5 Å². The highest BCUT2D eigenvalue weighted by Gasteiger charge is 2.24. The van der Waals surface area contributed by atoms with Gasteiger partial charge in [0.25, 0.3) is 11.6 Å². The summed E-state index contributed by atoms with van der Waals surface area (Å²) in [4.78, 5) is 26.1. The van der Waals surface area contributed by atoms with Gasteiger partial charge in [0.15, 0.2) is 0 Å². The fourth-order valence-electron chi connectivity index (χ4n) is 3.50. The van der Waals surface area contributed by atoms with Crippen molar-refractivity contribution in [2.24, 2.45) is 0 Å². The van der Waals surface area contributed by atoms with Gasteiger partial charge in [-0.05, 0) is 57.0 Å². The summed E-state index contributed by atoms with van der Waals surface area (Å²) in [5.74, 6) is 1.07. The van der Waals surface area contributed by atoms with E-state index >= 15 is 0 Å². The molecule has 0 spiro atoms. The average Bonchev–Trinajstić information content (AvgIpc) is 2.79. The zero-order chi connectivity index (χ0) is 23.1. The van der Waals surface area contributed by atoms with E-state index in [1.165, 1.54) is 23.8 Å². The summed E-state index contributed by atoms with van der Waals surface area (Å²) in [7, 11) is 1.57. The molecule has 170 valence electrons. The average molecular weight is 440 g/mol. The summed E-state index contributed by atoms with van der Waals surface area (Å²) in [6, 6.07) is 11.0. The fraction of sp³-hybridized carbons (Fsp3) is 0.375. The van der Waals surface area contributed by atoms with Crippen LogP contribution >= 0.6 is 0 Å². The number of nitrogens with zero attached hydrogens (tertiary/aromatic N) is 2. The Balaban J connectivity index is 1.71. The molecule has 1 fully saturated rings. The Hall–Kier alpha value is -3.39. The summed E-state index contributed by atoms with van der Waals surface area (Å²) >= 11 is 0. The molecule has 0 saturated carbocycles. The van der Waals surface area contributed by atoms with Crippen LogP contribution in [0, 0.1) is 10.1 Å². The summed E-state index contributed by atoms with van der Waals surface area (Å²) in [6.07, 6.45) is 3.85. The van der Waals surface area contributed by atoms with Crippen molar-refractivity contribution in [2.75, 3.05) is 26.7 Å². The topological polar surface area (TPSA) is 93.9 Å². The van der Waals surface area contributed by atoms with Crippen LogP contribution in [0.1, 0.15) is 37.0 Å². The van der Waals surface area contributed by atoms with E-state index in [-0.39, 0.29) is 28.9 Å². The molecule has 8 nitrogen and oxygen atoms in total. The lowest BCUT2D eigenvalue weighted by molar-refractivity contribution is -0.384. The molecule has 0 bridgehead atoms. The van der Waals surface area contributed by atoms with Crippen molar-refractivity contribution in [3.05, 3.63) is 69.8 Å². The maximum Gasteiger partial charge on any atom is 0.270 e. The number of ether oxygens (including phenoxy) is 2. The third kappa shape index (κ3) is 6.31. The molecule has 8 heteroatoms. The van der Waals surface area contributed by atoms with Gasteiger partial charge in [-0.2, -0.15) is 0 Å². The normalized spacial score (nSPS) is 14.5. The van der Waals surface area contributed by atoms with Crippen molar-refractivity contribution < 1.29 is 19.2 Å². The summed E-state index contributed by atoms with van der Waals surface area (Å²) < 4.78 is 11.0. The molecule has 2 aromatic rings. The molecule has 1 amide bonds. The predicted octanol–water partition coefficient (Wildman–Crippen LogP) is 4.56. The number of nitrogens with one attached hydrogen (secondary N) is 1. The van der Waals surface area contributed by atoms with E-state index in [2.05, 4.69) is 30.1 Å². The molecule has 0 aliphatic carbocycles. The van der Waals surface area contributed by atoms with Crippen molar-refractivity contribution >= 4 is 11.6 Å². The number of allylic oxidation sites excluding steroid dienone is 1. The third-order valence-corrected chi connectivity index (χ3v) is 5.39. The fourth-order valence-corrected chi connectivity index (χ4v) is 3.50. The van der Waals surface area contributed by atoms with Gasteiger partial charge in [0.05, 0.1) is 17.6 Å². The number of carbonyl (C=O) groups is 1. The number of nitro benzene ring substituents is 1. The number of carbonyl (C=O) groups excluding carboxylic acids is 1. The molecule has 0 radical (unpaired) electrons. The van der Waals surface area contributed by atoms with E-state index in [1.807, 2.05) is 0 Å². The van der Waals surface area contributed by atoms with Crippen LogP contribution in [0.25, 0.3) is 0 Å². The van der Waals surface area contributed by atoms with Crippen molar-refractivity contribution in [3.8, 4) is 17.2 Å². The summed E-state index contributed by atoms with van der Waals surface area (Å²) in [6.45, 7) is 6.85. The standard InChI is InChI=1S/C24H29N3O5/c1-17(2)10-13-26-14-11-18(12-15-26)25-24(28)22-16-19(27(29)30)4-9-23(22)32-21-7-5-20(31-3)6-8-21/h4-10,16,18H,11-15H2,1-3H3,(H,25,28). The van der Waals surface area contributed by atoms with Gasteiger partial charge in [0, 0.05) is 37.8 Å². The van der Waals surface area contributed by atoms with Crippen LogP contribution in [0.5, 0.6) is 17.2 Å². The second-order valence-electron chi connectivity index (χ2n) is 8.04. The Morgan fingerprint density at radius 3 is 2.41 bits per heavy atom. The number of methoxy groups -OCH3 is 1. The molecule has 0 aromatic heterocycles. The molecule has 2 aromatic carbocycles. The van der Waals surface area contributed by atoms with Gasteiger partial charge >= 0.3 is 0 Å². The largest absolute Gasteiger partial charge is 0.497 e. The highest BCUT2D eigenvalue weighted by atomic mass is 16.6. The van der Waals surface area contributed by atoms with Crippen LogP contribution in [0.15, 0.2) is 54.1 Å². The smallest absolute Gasteiger partial charge is 0.270 e. The molecular formula is C24H29N3O5. The number of likely N-dealkylation sites (tertiary alicyclic amines) is 1. The maximum atomic E-state index is 13.0. The molecular weight excluding hydrogens is 410 g/mol. The van der Waals surface area contributed by atoms with Crippen molar-refractivity contribution in [1.29, 1.82) is 0 Å². The molecule has 1 heterocycles. The molecule has 32 heavy (non-hydrogen) atoms. The van der Waals surface area contributed by atoms with Crippen molar-refractivity contribution in [1.82, 2.24) is 10.2 Å². The first-order valence-electron chi connectivity index (χ1n) is 10.6. The summed E-state index contributed by atoms with van der Waals surface area (Å²) in [5.41, 5.74) is 1.27. The lowest BCUT2D eigenvalue weighted by Crippen LogP contribution is -2.44. The van der Waals surface area contributed by atoms with Gasteiger partial charge in [0.2, 0.25) is 0 Å². The molecule has 1 aliphatic heterocycles. The molecule has 1 N–H and O–H groups in total. The van der Waals surface area contributed by atoms with Gasteiger partial charge in [0.1, 0.15) is 17.2 Å². The minimum Gasteiger partial charge on any atom is -0.497 e. The van der Waals surface area contributed by atoms with E-state index in [0.717, 1.165) is 32.5 Å². The van der Waals surface area contributed by atoms with Crippen LogP contribution in [-0.4, -0.2) is 48.5 Å². The first-order valence-corrected chi connectivity index (χ1v) is 10.6. The minimum atomic E-state index is -0.518. The zero-order valence-corrected chi connectivity index (χ0v) is 18.7. The van der Waals surface area contributed by atoms with Crippen LogP contribution < -0.4 is 14.8 Å². The SMILES string of the molecule is COc1ccc(Oc2ccc([N+](=O)[O-])cc2C(=O)NC2CCN(CC=C(C)C)CC2)cc1. The number of non-ortho nitro benzene ring substituents is 1. The van der Waals surface area contributed by atoms with E-state index in [1.54, 1.807) is 31.4 Å². The second kappa shape index (κ2) is 10.8. The van der Waals surface area contributed by atoms with Crippen molar-refractivity contribution in [3.63, 3.8) is 0 Å². The molecule has 3 rings (SSSR count). The Labute approximate surface area is 188 Å². The van der Waals surface area contributed by atoms with Gasteiger partial charge in [-0.25, -0.2) is 0 Å². The Morgan fingerprint density at radius 2 is 1.81 bits per heavy atom. The van der Waals surface area contributed by atoms with E-state index in [4.69, 9.17) is 9.47 Å². The first kappa shape index (κ1) is 23.3. The van der Waals surface area contributed by atoms with Gasteiger partial charge < -0.3 is 14.8 Å². The quantitative estimate of drug-likeness (QED) is 0.368. The third-order valence-electron chi connectivity index (χ3n) is 5.39. The highest BCUT2D eigenvalue weighted by molar-refractivity contribution is 5.98. The molecule has 0 atom stereocenters. The minimum absolute atomic E-state index is 0.0125. The van der Waals surface area contributed by atoms with Crippen LogP contribution in [0.2, 0.25) is 0 Å². The first-order chi connectivity index (χ1) is 15.4. The molecule has 1 saturated heterocycles. The number of rotatable bonds is 8. The van der Waals surface area contributed by atoms with Gasteiger partial charge in [-0.3, -0.25) is 19.8 Å². The Morgan fingerprint density at radius 1 is 1.16 bits per heavy atom. The summed E-state index contributed by atoms with van der Waals surface area (Å²) in [5, 5.41) is 14.3. The predicted molar refractivity (Wildman–Crippen MR) is 123 cm³/mol. The van der Waals surface area contributed by atoms with Crippen molar-refractivity contribution in [2.45, 2.75) is 32.7 Å². The van der Waals surface area contributed by atoms with Crippen LogP contribution in [-0.2, 0) is 0 Å². The van der Waals surface area contributed by atoms with Gasteiger partial charge in [-0.1, -0.05) is 11.6 Å². The molecule has 0 unspecified atom stereocenters. The Kier molecular flexibility index (Phi) is 7.83. The number of piperidine rings is 1. The number of hydrogen-bond acceptors (Lipinski definition) is 6. The monoisotopic (exact) mass is 439 g/mol. The van der Waals surface area contributed by atoms with E-state index in [9.17, 15) is 14.9 Å². The number of nitro groups is 1. The van der Waals surface area contributed by atoms with Crippen LogP contribution in [0.3, 0.4) is 0 Å². The number of benzene rings is 2. The molecule has 1 aliphatic rings. The number of amides is 1. The lowest BCUT2D eigenvalue weighted by Gasteiger charge is -2.31. The highest BCUT2D eigenvalue weighted by Crippen LogP contribution is 2.30.